The number of hydrogen-bond donors (Lipinski definition) is 1. The summed E-state index contributed by atoms with van der Waals surface area (Å²) in [5.74, 6) is -0.663. The van der Waals surface area contributed by atoms with Crippen molar-refractivity contribution >= 4 is 39.2 Å². The van der Waals surface area contributed by atoms with Gasteiger partial charge in [0.05, 0.1) is 11.6 Å². The second kappa shape index (κ2) is 6.76. The van der Waals surface area contributed by atoms with E-state index in [9.17, 15) is 13.2 Å². The first-order chi connectivity index (χ1) is 9.20. The standard InChI is InChI=1S/C12H15Cl2NO4S/c1-4-19-10(16)6-15-20(17,18)12-8(3)9(13)5-7(2)11(12)14/h5,15H,4,6H2,1-3H3. The Morgan fingerprint density at radius 3 is 2.50 bits per heavy atom. The van der Waals surface area contributed by atoms with Crippen molar-refractivity contribution in [3.63, 3.8) is 0 Å². The van der Waals surface area contributed by atoms with E-state index in [1.54, 1.807) is 26.8 Å². The highest BCUT2D eigenvalue weighted by molar-refractivity contribution is 7.89. The summed E-state index contributed by atoms with van der Waals surface area (Å²) in [6.45, 7) is 4.55. The van der Waals surface area contributed by atoms with Crippen molar-refractivity contribution in [2.75, 3.05) is 13.2 Å². The number of sulfonamides is 1. The summed E-state index contributed by atoms with van der Waals surface area (Å²) in [6.07, 6.45) is 0. The molecule has 0 unspecified atom stereocenters. The summed E-state index contributed by atoms with van der Waals surface area (Å²) < 4.78 is 31.3. The van der Waals surface area contributed by atoms with Crippen LogP contribution in [-0.2, 0) is 19.6 Å². The minimum absolute atomic E-state index is 0.0864. The molecule has 0 spiro atoms. The zero-order chi connectivity index (χ0) is 15.5. The van der Waals surface area contributed by atoms with E-state index in [0.717, 1.165) is 0 Å². The molecule has 0 radical (unpaired) electrons. The number of hydrogen-bond acceptors (Lipinski definition) is 4. The van der Waals surface area contributed by atoms with Gasteiger partial charge in [-0.3, -0.25) is 4.79 Å². The predicted octanol–water partition coefficient (Wildman–Crippen LogP) is 2.45. The Bertz CT molecular complexity index is 603. The first-order valence-corrected chi connectivity index (χ1v) is 8.05. The average molecular weight is 340 g/mol. The minimum atomic E-state index is -3.95. The molecule has 8 heteroatoms. The van der Waals surface area contributed by atoms with Gasteiger partial charge in [-0.15, -0.1) is 0 Å². The van der Waals surface area contributed by atoms with Crippen molar-refractivity contribution in [3.05, 3.63) is 27.2 Å². The quantitative estimate of drug-likeness (QED) is 0.836. The van der Waals surface area contributed by atoms with Gasteiger partial charge in [0.15, 0.2) is 0 Å². The van der Waals surface area contributed by atoms with Crippen LogP contribution in [0.25, 0.3) is 0 Å². The second-order valence-electron chi connectivity index (χ2n) is 4.07. The highest BCUT2D eigenvalue weighted by Gasteiger charge is 2.24. The van der Waals surface area contributed by atoms with Crippen molar-refractivity contribution in [1.29, 1.82) is 0 Å². The number of carbonyl (C=O) groups is 1. The number of rotatable bonds is 5. The SMILES string of the molecule is CCOC(=O)CNS(=O)(=O)c1c(C)c(Cl)cc(C)c1Cl. The average Bonchev–Trinajstić information content (AvgIpc) is 2.35. The van der Waals surface area contributed by atoms with E-state index in [-0.39, 0.29) is 16.5 Å². The molecule has 20 heavy (non-hydrogen) atoms. The highest BCUT2D eigenvalue weighted by Crippen LogP contribution is 2.33. The van der Waals surface area contributed by atoms with Crippen LogP contribution in [0.4, 0.5) is 0 Å². The Hall–Kier alpha value is -0.820. The van der Waals surface area contributed by atoms with Gasteiger partial charge in [-0.25, -0.2) is 8.42 Å². The Labute approximate surface area is 128 Å². The zero-order valence-corrected chi connectivity index (χ0v) is 13.6. The Kier molecular flexibility index (Phi) is 5.82. The number of esters is 1. The van der Waals surface area contributed by atoms with Gasteiger partial charge in [-0.05, 0) is 38.0 Å². The number of ether oxygens (including phenoxy) is 1. The van der Waals surface area contributed by atoms with Gasteiger partial charge in [0, 0.05) is 5.02 Å². The molecule has 112 valence electrons. The molecule has 0 fully saturated rings. The van der Waals surface area contributed by atoms with Gasteiger partial charge in [0.2, 0.25) is 10.0 Å². The molecule has 0 atom stereocenters. The zero-order valence-electron chi connectivity index (χ0n) is 11.3. The van der Waals surface area contributed by atoms with Crippen LogP contribution in [0.1, 0.15) is 18.1 Å². The molecule has 0 heterocycles. The lowest BCUT2D eigenvalue weighted by Crippen LogP contribution is -2.31. The Morgan fingerprint density at radius 2 is 1.95 bits per heavy atom. The topological polar surface area (TPSA) is 72.5 Å². The molecule has 0 bridgehead atoms. The molecule has 1 aromatic carbocycles. The Morgan fingerprint density at radius 1 is 1.35 bits per heavy atom. The number of nitrogens with one attached hydrogen (secondary N) is 1. The number of carbonyl (C=O) groups excluding carboxylic acids is 1. The summed E-state index contributed by atoms with van der Waals surface area (Å²) in [6, 6.07) is 1.59. The molecule has 0 amide bonds. The van der Waals surface area contributed by atoms with Gasteiger partial charge in [-0.1, -0.05) is 23.2 Å². The molecule has 0 aliphatic heterocycles. The van der Waals surface area contributed by atoms with Gasteiger partial charge < -0.3 is 4.74 Å². The van der Waals surface area contributed by atoms with Gasteiger partial charge in [0.1, 0.15) is 11.4 Å². The molecular weight excluding hydrogens is 325 g/mol. The molecule has 1 rings (SSSR count). The molecule has 1 N–H and O–H groups in total. The van der Waals surface area contributed by atoms with E-state index in [2.05, 4.69) is 9.46 Å². The van der Waals surface area contributed by atoms with E-state index in [1.807, 2.05) is 0 Å². The highest BCUT2D eigenvalue weighted by atomic mass is 35.5. The number of benzene rings is 1. The maximum Gasteiger partial charge on any atom is 0.321 e. The van der Waals surface area contributed by atoms with E-state index in [1.165, 1.54) is 0 Å². The summed E-state index contributed by atoms with van der Waals surface area (Å²) >= 11 is 12.0. The fraction of sp³-hybridized carbons (Fsp3) is 0.417. The second-order valence-corrected chi connectivity index (χ2v) is 6.56. The normalized spacial score (nSPS) is 11.4. The summed E-state index contributed by atoms with van der Waals surface area (Å²) in [7, 11) is -3.95. The first kappa shape index (κ1) is 17.2. The maximum atomic E-state index is 12.2. The maximum absolute atomic E-state index is 12.2. The molecule has 0 aliphatic rings. The van der Waals surface area contributed by atoms with Crippen LogP contribution >= 0.6 is 23.2 Å². The van der Waals surface area contributed by atoms with Crippen LogP contribution in [0.3, 0.4) is 0 Å². The van der Waals surface area contributed by atoms with Crippen molar-refractivity contribution < 1.29 is 17.9 Å². The van der Waals surface area contributed by atoms with E-state index in [0.29, 0.717) is 16.1 Å². The van der Waals surface area contributed by atoms with E-state index >= 15 is 0 Å². The first-order valence-electron chi connectivity index (χ1n) is 5.81. The molecule has 0 aliphatic carbocycles. The monoisotopic (exact) mass is 339 g/mol. The van der Waals surface area contributed by atoms with Gasteiger partial charge in [-0.2, -0.15) is 4.72 Å². The number of halogens is 2. The third-order valence-electron chi connectivity index (χ3n) is 2.57. The minimum Gasteiger partial charge on any atom is -0.465 e. The van der Waals surface area contributed by atoms with Crippen LogP contribution in [0.2, 0.25) is 10.0 Å². The fourth-order valence-electron chi connectivity index (χ4n) is 1.57. The predicted molar refractivity (Wildman–Crippen MR) is 77.8 cm³/mol. The third kappa shape index (κ3) is 3.85. The van der Waals surface area contributed by atoms with Crippen molar-refractivity contribution in [1.82, 2.24) is 4.72 Å². The van der Waals surface area contributed by atoms with Crippen LogP contribution in [-0.4, -0.2) is 27.5 Å². The molecule has 0 aromatic heterocycles. The van der Waals surface area contributed by atoms with Crippen molar-refractivity contribution in [2.24, 2.45) is 0 Å². The fourth-order valence-corrected chi connectivity index (χ4v) is 3.75. The molecular formula is C12H15Cl2NO4S. The number of aryl methyl sites for hydroxylation is 1. The molecule has 0 saturated heterocycles. The van der Waals surface area contributed by atoms with Gasteiger partial charge in [0.25, 0.3) is 0 Å². The van der Waals surface area contributed by atoms with Crippen molar-refractivity contribution in [3.8, 4) is 0 Å². The van der Waals surface area contributed by atoms with Crippen LogP contribution in [0.15, 0.2) is 11.0 Å². The smallest absolute Gasteiger partial charge is 0.321 e. The summed E-state index contributed by atoms with van der Waals surface area (Å²) in [5, 5.41) is 0.381. The Balaban J connectivity index is 3.14. The molecule has 1 aromatic rings. The lowest BCUT2D eigenvalue weighted by Gasteiger charge is -2.13. The van der Waals surface area contributed by atoms with Crippen LogP contribution in [0, 0.1) is 13.8 Å². The van der Waals surface area contributed by atoms with Crippen molar-refractivity contribution in [2.45, 2.75) is 25.7 Å². The molecule has 0 saturated carbocycles. The van der Waals surface area contributed by atoms with Gasteiger partial charge >= 0.3 is 5.97 Å². The lowest BCUT2D eigenvalue weighted by atomic mass is 10.2. The van der Waals surface area contributed by atoms with Crippen LogP contribution < -0.4 is 4.72 Å². The summed E-state index contributed by atoms with van der Waals surface area (Å²) in [4.78, 5) is 11.1. The van der Waals surface area contributed by atoms with E-state index in [4.69, 9.17) is 23.2 Å². The third-order valence-corrected chi connectivity index (χ3v) is 5.13. The molecule has 5 nitrogen and oxygen atoms in total. The summed E-state index contributed by atoms with van der Waals surface area (Å²) in [5.41, 5.74) is 0.873. The van der Waals surface area contributed by atoms with E-state index < -0.39 is 22.5 Å². The largest absolute Gasteiger partial charge is 0.465 e. The van der Waals surface area contributed by atoms with Crippen LogP contribution in [0.5, 0.6) is 0 Å². The lowest BCUT2D eigenvalue weighted by molar-refractivity contribution is -0.141.